The van der Waals surface area contributed by atoms with Crippen molar-refractivity contribution in [1.29, 1.82) is 0 Å². The molecule has 0 saturated heterocycles. The third kappa shape index (κ3) is 2.25. The van der Waals surface area contributed by atoms with Crippen LogP contribution in [0.15, 0.2) is 35.7 Å². The lowest BCUT2D eigenvalue weighted by atomic mass is 10.2. The van der Waals surface area contributed by atoms with Crippen molar-refractivity contribution in [3.63, 3.8) is 0 Å². The van der Waals surface area contributed by atoms with Crippen LogP contribution in [0.1, 0.15) is 10.7 Å². The lowest BCUT2D eigenvalue weighted by Crippen LogP contribution is -1.94. The summed E-state index contributed by atoms with van der Waals surface area (Å²) in [6.07, 6.45) is 0.653. The standard InChI is InChI=1S/C12H10N4S2/c13-12-9(15-18-16-12)6-11-14-10(7-17-11)8-4-2-1-3-5-8/h1-5,7H,6H2,(H2,13,16). The van der Waals surface area contributed by atoms with Crippen LogP contribution in [0.3, 0.4) is 0 Å². The Labute approximate surface area is 112 Å². The van der Waals surface area contributed by atoms with Gasteiger partial charge in [-0.25, -0.2) is 4.98 Å². The summed E-state index contributed by atoms with van der Waals surface area (Å²) < 4.78 is 8.13. The van der Waals surface area contributed by atoms with E-state index in [1.54, 1.807) is 11.3 Å². The van der Waals surface area contributed by atoms with Crippen molar-refractivity contribution in [2.45, 2.75) is 6.42 Å². The molecule has 2 aromatic heterocycles. The number of anilines is 1. The second kappa shape index (κ2) is 4.83. The third-order valence-corrected chi connectivity index (χ3v) is 3.96. The Morgan fingerprint density at radius 1 is 1.11 bits per heavy atom. The lowest BCUT2D eigenvalue weighted by Gasteiger charge is -1.95. The molecule has 0 saturated carbocycles. The Morgan fingerprint density at radius 2 is 1.94 bits per heavy atom. The van der Waals surface area contributed by atoms with Crippen LogP contribution in [-0.2, 0) is 6.42 Å². The van der Waals surface area contributed by atoms with Crippen molar-refractivity contribution < 1.29 is 0 Å². The van der Waals surface area contributed by atoms with E-state index in [-0.39, 0.29) is 0 Å². The topological polar surface area (TPSA) is 64.7 Å². The molecule has 0 amide bonds. The maximum atomic E-state index is 5.72. The average molecular weight is 274 g/mol. The van der Waals surface area contributed by atoms with E-state index < -0.39 is 0 Å². The monoisotopic (exact) mass is 274 g/mol. The molecule has 3 rings (SSSR count). The van der Waals surface area contributed by atoms with E-state index in [4.69, 9.17) is 5.73 Å². The first-order valence-corrected chi connectivity index (χ1v) is 7.00. The summed E-state index contributed by atoms with van der Waals surface area (Å²) in [5.41, 5.74) is 8.66. The SMILES string of the molecule is Nc1nsnc1Cc1nc(-c2ccccc2)cs1. The van der Waals surface area contributed by atoms with Crippen molar-refractivity contribution in [3.05, 3.63) is 46.4 Å². The molecule has 1 aromatic carbocycles. The first kappa shape index (κ1) is 11.3. The van der Waals surface area contributed by atoms with Gasteiger partial charge in [0.05, 0.1) is 22.4 Å². The minimum absolute atomic E-state index is 0.511. The van der Waals surface area contributed by atoms with Crippen LogP contribution in [0, 0.1) is 0 Å². The first-order valence-electron chi connectivity index (χ1n) is 5.39. The number of hydrogen-bond acceptors (Lipinski definition) is 6. The Bertz CT molecular complexity index is 645. The highest BCUT2D eigenvalue weighted by Crippen LogP contribution is 2.23. The van der Waals surface area contributed by atoms with Crippen LogP contribution in [0.2, 0.25) is 0 Å². The fourth-order valence-corrected chi connectivity index (χ4v) is 2.91. The van der Waals surface area contributed by atoms with Crippen LogP contribution in [0.25, 0.3) is 11.3 Å². The molecule has 4 nitrogen and oxygen atoms in total. The molecule has 90 valence electrons. The summed E-state index contributed by atoms with van der Waals surface area (Å²) in [6, 6.07) is 10.1. The van der Waals surface area contributed by atoms with Crippen molar-refractivity contribution in [2.75, 3.05) is 5.73 Å². The van der Waals surface area contributed by atoms with Gasteiger partial charge in [0, 0.05) is 17.4 Å². The number of benzene rings is 1. The molecule has 0 aliphatic carbocycles. The van der Waals surface area contributed by atoms with Crippen molar-refractivity contribution in [2.24, 2.45) is 0 Å². The molecule has 2 heterocycles. The molecule has 0 unspecified atom stereocenters. The summed E-state index contributed by atoms with van der Waals surface area (Å²) in [5, 5.41) is 3.06. The predicted molar refractivity (Wildman–Crippen MR) is 74.7 cm³/mol. The molecule has 6 heteroatoms. The van der Waals surface area contributed by atoms with Crippen LogP contribution < -0.4 is 5.73 Å². The number of nitrogen functional groups attached to an aromatic ring is 1. The van der Waals surface area contributed by atoms with Gasteiger partial charge in [-0.2, -0.15) is 8.75 Å². The number of thiazole rings is 1. The van der Waals surface area contributed by atoms with Crippen LogP contribution >= 0.6 is 23.1 Å². The van der Waals surface area contributed by atoms with Gasteiger partial charge in [0.25, 0.3) is 0 Å². The number of hydrogen-bond donors (Lipinski definition) is 1. The van der Waals surface area contributed by atoms with Gasteiger partial charge in [-0.1, -0.05) is 30.3 Å². The number of aromatic nitrogens is 3. The van der Waals surface area contributed by atoms with Crippen LogP contribution in [0.5, 0.6) is 0 Å². The highest BCUT2D eigenvalue weighted by Gasteiger charge is 2.09. The quantitative estimate of drug-likeness (QED) is 0.797. The van der Waals surface area contributed by atoms with Gasteiger partial charge in [0.15, 0.2) is 5.82 Å². The summed E-state index contributed by atoms with van der Waals surface area (Å²) in [5.74, 6) is 0.511. The molecule has 0 bridgehead atoms. The number of nitrogens with zero attached hydrogens (tertiary/aromatic N) is 3. The molecular weight excluding hydrogens is 264 g/mol. The second-order valence-electron chi connectivity index (χ2n) is 3.77. The van der Waals surface area contributed by atoms with E-state index in [9.17, 15) is 0 Å². The Kier molecular flexibility index (Phi) is 3.04. The van der Waals surface area contributed by atoms with Crippen molar-refractivity contribution in [1.82, 2.24) is 13.7 Å². The van der Waals surface area contributed by atoms with Crippen LogP contribution in [-0.4, -0.2) is 13.7 Å². The molecular formula is C12H10N4S2. The zero-order chi connectivity index (χ0) is 12.4. The zero-order valence-corrected chi connectivity index (χ0v) is 11.0. The van der Waals surface area contributed by atoms with Crippen LogP contribution in [0.4, 0.5) is 5.82 Å². The Morgan fingerprint density at radius 3 is 2.67 bits per heavy atom. The second-order valence-corrected chi connectivity index (χ2v) is 5.24. The van der Waals surface area contributed by atoms with Gasteiger partial charge in [-0.3, -0.25) is 0 Å². The molecule has 0 radical (unpaired) electrons. The average Bonchev–Trinajstić information content (AvgIpc) is 3.02. The smallest absolute Gasteiger partial charge is 0.161 e. The van der Waals surface area contributed by atoms with Gasteiger partial charge in [0.2, 0.25) is 0 Å². The Hall–Kier alpha value is -1.79. The van der Waals surface area contributed by atoms with E-state index in [0.717, 1.165) is 33.7 Å². The molecule has 18 heavy (non-hydrogen) atoms. The van der Waals surface area contributed by atoms with Gasteiger partial charge in [-0.05, 0) is 0 Å². The van der Waals surface area contributed by atoms with Crippen molar-refractivity contribution >= 4 is 28.9 Å². The third-order valence-electron chi connectivity index (χ3n) is 2.53. The largest absolute Gasteiger partial charge is 0.381 e. The van der Waals surface area contributed by atoms with Gasteiger partial charge < -0.3 is 5.73 Å². The minimum Gasteiger partial charge on any atom is -0.381 e. The van der Waals surface area contributed by atoms with E-state index in [1.807, 2.05) is 18.2 Å². The molecule has 0 aliphatic rings. The maximum Gasteiger partial charge on any atom is 0.161 e. The van der Waals surface area contributed by atoms with Gasteiger partial charge in [0.1, 0.15) is 5.69 Å². The molecule has 0 aliphatic heterocycles. The maximum absolute atomic E-state index is 5.72. The zero-order valence-electron chi connectivity index (χ0n) is 9.41. The predicted octanol–water partition coefficient (Wildman–Crippen LogP) is 2.83. The van der Waals surface area contributed by atoms with E-state index in [0.29, 0.717) is 12.2 Å². The van der Waals surface area contributed by atoms with E-state index in [1.165, 1.54) is 0 Å². The van der Waals surface area contributed by atoms with E-state index in [2.05, 4.69) is 31.2 Å². The summed E-state index contributed by atoms with van der Waals surface area (Å²) in [7, 11) is 0. The van der Waals surface area contributed by atoms with Gasteiger partial charge >= 0.3 is 0 Å². The minimum atomic E-state index is 0.511. The summed E-state index contributed by atoms with van der Waals surface area (Å²) >= 11 is 2.76. The fourth-order valence-electron chi connectivity index (χ4n) is 1.61. The molecule has 0 fully saturated rings. The van der Waals surface area contributed by atoms with Crippen molar-refractivity contribution in [3.8, 4) is 11.3 Å². The normalized spacial score (nSPS) is 10.7. The van der Waals surface area contributed by atoms with Gasteiger partial charge in [-0.15, -0.1) is 11.3 Å². The molecule has 0 spiro atoms. The summed E-state index contributed by atoms with van der Waals surface area (Å²) in [6.45, 7) is 0. The number of rotatable bonds is 3. The van der Waals surface area contributed by atoms with E-state index >= 15 is 0 Å². The lowest BCUT2D eigenvalue weighted by molar-refractivity contribution is 1.10. The number of nitrogens with two attached hydrogens (primary N) is 1. The highest BCUT2D eigenvalue weighted by atomic mass is 32.1. The molecule has 0 atom stereocenters. The fraction of sp³-hybridized carbons (Fsp3) is 0.0833. The highest BCUT2D eigenvalue weighted by molar-refractivity contribution is 7.10. The summed E-state index contributed by atoms with van der Waals surface area (Å²) in [4.78, 5) is 4.60. The first-order chi connectivity index (χ1) is 8.83. The molecule has 2 N–H and O–H groups in total. The Balaban J connectivity index is 1.84. The molecule has 3 aromatic rings.